The second-order valence-corrected chi connectivity index (χ2v) is 3.56. The molecule has 0 spiro atoms. The minimum atomic E-state index is 0.0509. The van der Waals surface area contributed by atoms with Crippen LogP contribution in [0.3, 0.4) is 0 Å². The Kier molecular flexibility index (Phi) is 3.56. The maximum atomic E-state index is 5.55. The molecule has 2 rings (SSSR count). The SMILES string of the molecule is CCCOc1nc(N)nc(Oc2cnn(C)c2)n1. The van der Waals surface area contributed by atoms with Crippen LogP contribution >= 0.6 is 0 Å². The van der Waals surface area contributed by atoms with Crippen molar-refractivity contribution in [3.8, 4) is 17.8 Å². The minimum Gasteiger partial charge on any atom is -0.463 e. The van der Waals surface area contributed by atoms with Crippen LogP contribution in [0.15, 0.2) is 12.4 Å². The summed E-state index contributed by atoms with van der Waals surface area (Å²) in [6, 6.07) is 0.241. The molecule has 18 heavy (non-hydrogen) atoms. The number of anilines is 1. The van der Waals surface area contributed by atoms with Crippen molar-refractivity contribution in [3.63, 3.8) is 0 Å². The van der Waals surface area contributed by atoms with Gasteiger partial charge in [0.1, 0.15) is 0 Å². The van der Waals surface area contributed by atoms with Gasteiger partial charge < -0.3 is 15.2 Å². The molecule has 0 saturated heterocycles. The van der Waals surface area contributed by atoms with E-state index in [4.69, 9.17) is 15.2 Å². The van der Waals surface area contributed by atoms with Crippen molar-refractivity contribution in [1.82, 2.24) is 24.7 Å². The maximum Gasteiger partial charge on any atom is 0.330 e. The molecular formula is C10H14N6O2. The third-order valence-electron chi connectivity index (χ3n) is 1.94. The van der Waals surface area contributed by atoms with Crippen molar-refractivity contribution in [2.45, 2.75) is 13.3 Å². The van der Waals surface area contributed by atoms with Gasteiger partial charge in [-0.05, 0) is 6.42 Å². The first-order chi connectivity index (χ1) is 8.67. The van der Waals surface area contributed by atoms with Crippen LogP contribution in [0.25, 0.3) is 0 Å². The van der Waals surface area contributed by atoms with Crippen LogP contribution in [-0.2, 0) is 7.05 Å². The summed E-state index contributed by atoms with van der Waals surface area (Å²) in [7, 11) is 1.78. The lowest BCUT2D eigenvalue weighted by molar-refractivity contribution is 0.285. The third kappa shape index (κ3) is 3.06. The molecule has 0 radical (unpaired) electrons. The number of rotatable bonds is 5. The fraction of sp³-hybridized carbons (Fsp3) is 0.400. The smallest absolute Gasteiger partial charge is 0.330 e. The molecule has 2 N–H and O–H groups in total. The Hall–Kier alpha value is -2.38. The Labute approximate surface area is 104 Å². The summed E-state index contributed by atoms with van der Waals surface area (Å²) in [5.41, 5.74) is 5.55. The first-order valence-electron chi connectivity index (χ1n) is 5.48. The van der Waals surface area contributed by atoms with Crippen molar-refractivity contribution in [3.05, 3.63) is 12.4 Å². The van der Waals surface area contributed by atoms with E-state index in [0.29, 0.717) is 12.4 Å². The van der Waals surface area contributed by atoms with Gasteiger partial charge in [-0.1, -0.05) is 6.92 Å². The Morgan fingerprint density at radius 1 is 1.28 bits per heavy atom. The molecule has 2 aromatic heterocycles. The van der Waals surface area contributed by atoms with Crippen LogP contribution in [0.1, 0.15) is 13.3 Å². The summed E-state index contributed by atoms with van der Waals surface area (Å²) in [4.78, 5) is 11.7. The van der Waals surface area contributed by atoms with Gasteiger partial charge in [0.15, 0.2) is 5.75 Å². The summed E-state index contributed by atoms with van der Waals surface area (Å²) in [5.74, 6) is 0.569. The van der Waals surface area contributed by atoms with Crippen molar-refractivity contribution in [2.75, 3.05) is 12.3 Å². The van der Waals surface area contributed by atoms with Gasteiger partial charge in [0.05, 0.1) is 19.0 Å². The number of hydrogen-bond donors (Lipinski definition) is 1. The molecule has 96 valence electrons. The second-order valence-electron chi connectivity index (χ2n) is 3.56. The van der Waals surface area contributed by atoms with Gasteiger partial charge in [-0.15, -0.1) is 4.98 Å². The Morgan fingerprint density at radius 3 is 2.72 bits per heavy atom. The van der Waals surface area contributed by atoms with Crippen LogP contribution < -0.4 is 15.2 Å². The molecule has 8 heteroatoms. The van der Waals surface area contributed by atoms with E-state index >= 15 is 0 Å². The molecular weight excluding hydrogens is 236 g/mol. The molecule has 0 aliphatic rings. The van der Waals surface area contributed by atoms with Crippen molar-refractivity contribution < 1.29 is 9.47 Å². The lowest BCUT2D eigenvalue weighted by Gasteiger charge is -2.05. The molecule has 0 fully saturated rings. The molecule has 2 heterocycles. The number of nitrogen functional groups attached to an aromatic ring is 1. The lowest BCUT2D eigenvalue weighted by Crippen LogP contribution is -2.05. The Bertz CT molecular complexity index is 527. The fourth-order valence-corrected chi connectivity index (χ4v) is 1.21. The molecule has 0 bridgehead atoms. The van der Waals surface area contributed by atoms with Crippen molar-refractivity contribution in [2.24, 2.45) is 7.05 Å². The highest BCUT2D eigenvalue weighted by Crippen LogP contribution is 2.18. The van der Waals surface area contributed by atoms with Gasteiger partial charge in [0, 0.05) is 7.05 Å². The molecule has 2 aromatic rings. The number of hydrogen-bond acceptors (Lipinski definition) is 7. The highest BCUT2D eigenvalue weighted by atomic mass is 16.5. The molecule has 0 aliphatic carbocycles. The average Bonchev–Trinajstić information content (AvgIpc) is 2.71. The van der Waals surface area contributed by atoms with Gasteiger partial charge in [-0.2, -0.15) is 15.1 Å². The van der Waals surface area contributed by atoms with Gasteiger partial charge in [-0.3, -0.25) is 4.68 Å². The van der Waals surface area contributed by atoms with E-state index in [9.17, 15) is 0 Å². The largest absolute Gasteiger partial charge is 0.463 e. The fourth-order valence-electron chi connectivity index (χ4n) is 1.21. The van der Waals surface area contributed by atoms with Crippen LogP contribution in [0.5, 0.6) is 17.8 Å². The number of ether oxygens (including phenoxy) is 2. The monoisotopic (exact) mass is 250 g/mol. The third-order valence-corrected chi connectivity index (χ3v) is 1.94. The van der Waals surface area contributed by atoms with Crippen LogP contribution in [0.2, 0.25) is 0 Å². The average molecular weight is 250 g/mol. The highest BCUT2D eigenvalue weighted by Gasteiger charge is 2.08. The van der Waals surface area contributed by atoms with Gasteiger partial charge in [0.25, 0.3) is 0 Å². The van der Waals surface area contributed by atoms with Gasteiger partial charge in [0.2, 0.25) is 5.95 Å². The van der Waals surface area contributed by atoms with E-state index in [-0.39, 0.29) is 18.0 Å². The van der Waals surface area contributed by atoms with Gasteiger partial charge >= 0.3 is 12.0 Å². The first kappa shape index (κ1) is 12.1. The van der Waals surface area contributed by atoms with E-state index in [1.807, 2.05) is 6.92 Å². The topological polar surface area (TPSA) is 101 Å². The maximum absolute atomic E-state index is 5.55. The number of aromatic nitrogens is 5. The standard InChI is InChI=1S/C10H14N6O2/c1-3-4-17-9-13-8(11)14-10(15-9)18-7-5-12-16(2)6-7/h5-6H,3-4H2,1-2H3,(H2,11,13,14,15). The first-order valence-corrected chi connectivity index (χ1v) is 5.48. The Morgan fingerprint density at radius 2 is 2.06 bits per heavy atom. The molecule has 0 amide bonds. The lowest BCUT2D eigenvalue weighted by atomic mass is 10.5. The van der Waals surface area contributed by atoms with E-state index in [0.717, 1.165) is 6.42 Å². The van der Waals surface area contributed by atoms with E-state index in [1.165, 1.54) is 0 Å². The molecule has 0 aromatic carbocycles. The summed E-state index contributed by atoms with van der Waals surface area (Å²) in [6.45, 7) is 2.49. The zero-order valence-electron chi connectivity index (χ0n) is 10.2. The van der Waals surface area contributed by atoms with Gasteiger partial charge in [-0.25, -0.2) is 0 Å². The van der Waals surface area contributed by atoms with Crippen LogP contribution in [0.4, 0.5) is 5.95 Å². The van der Waals surface area contributed by atoms with Crippen LogP contribution in [-0.4, -0.2) is 31.3 Å². The summed E-state index contributed by atoms with van der Waals surface area (Å²) in [5, 5.41) is 3.97. The minimum absolute atomic E-state index is 0.0509. The molecule has 0 unspecified atom stereocenters. The molecule has 8 nitrogen and oxygen atoms in total. The summed E-state index contributed by atoms with van der Waals surface area (Å²) in [6.07, 6.45) is 4.09. The predicted octanol–water partition coefficient (Wildman–Crippen LogP) is 0.768. The highest BCUT2D eigenvalue weighted by molar-refractivity contribution is 5.24. The molecule has 0 atom stereocenters. The van der Waals surface area contributed by atoms with E-state index in [1.54, 1.807) is 24.1 Å². The zero-order valence-corrected chi connectivity index (χ0v) is 10.2. The van der Waals surface area contributed by atoms with Crippen LogP contribution in [0, 0.1) is 0 Å². The normalized spacial score (nSPS) is 10.3. The summed E-state index contributed by atoms with van der Waals surface area (Å²) >= 11 is 0. The van der Waals surface area contributed by atoms with Crippen molar-refractivity contribution in [1.29, 1.82) is 0 Å². The van der Waals surface area contributed by atoms with E-state index < -0.39 is 0 Å². The zero-order chi connectivity index (χ0) is 13.0. The number of nitrogens with two attached hydrogens (primary N) is 1. The predicted molar refractivity (Wildman–Crippen MR) is 63.3 cm³/mol. The molecule has 0 saturated carbocycles. The second kappa shape index (κ2) is 5.30. The summed E-state index contributed by atoms with van der Waals surface area (Å²) < 4.78 is 12.3. The Balaban J connectivity index is 2.14. The number of nitrogens with zero attached hydrogens (tertiary/aromatic N) is 5. The van der Waals surface area contributed by atoms with Crippen molar-refractivity contribution >= 4 is 5.95 Å². The van der Waals surface area contributed by atoms with E-state index in [2.05, 4.69) is 20.1 Å². The molecule has 0 aliphatic heterocycles. The number of aryl methyl sites for hydroxylation is 1. The quantitative estimate of drug-likeness (QED) is 0.836.